The van der Waals surface area contributed by atoms with Crippen LogP contribution in [0.25, 0.3) is 0 Å². The lowest BCUT2D eigenvalue weighted by atomic mass is 10.2. The van der Waals surface area contributed by atoms with Crippen LogP contribution in [0.4, 0.5) is 10.5 Å². The Bertz CT molecular complexity index is 1360. The summed E-state index contributed by atoms with van der Waals surface area (Å²) in [6.45, 7) is 16.4. The van der Waals surface area contributed by atoms with Gasteiger partial charge in [-0.1, -0.05) is 44.2 Å². The number of nitrogens with zero attached hydrogens (tertiary/aromatic N) is 1. The molecular formula is C42H71N2O14P. The Kier molecular flexibility index (Phi) is 34.5. The van der Waals surface area contributed by atoms with E-state index in [1.165, 1.54) is 18.2 Å². The lowest BCUT2D eigenvalue weighted by molar-refractivity contribution is -0.385. The molecule has 0 aromatic heterocycles. The number of carbonyl (C=O) groups excluding carboxylic acids is 1. The van der Waals surface area contributed by atoms with Crippen molar-refractivity contribution in [3.8, 4) is 5.75 Å². The first-order chi connectivity index (χ1) is 28.8. The van der Waals surface area contributed by atoms with Gasteiger partial charge in [-0.3, -0.25) is 14.7 Å². The average molecular weight is 859 g/mol. The van der Waals surface area contributed by atoms with E-state index >= 15 is 0 Å². The standard InChI is InChI=1S/C40H65N2O14P.C2H6/c1-3-56-57(2,46)32-31-53-29-12-27-51-25-10-23-49-21-8-19-47-18-7-20-48-22-9-24-50-26-11-28-52-30-17-41-40(43)55-35-37-33-38(15-16-39(37)42(44)45)54-34-36-13-5-4-6-14-36;1-2/h4-6,13-16,33H,3,7-12,17-32,34-35H2,1-2H3,(H,41,43);1-2H3. The second-order valence-electron chi connectivity index (χ2n) is 12.9. The van der Waals surface area contributed by atoms with E-state index in [-0.39, 0.29) is 24.4 Å². The number of benzene rings is 2. The number of hydrogen-bond acceptors (Lipinski definition) is 14. The number of nitrogens with one attached hydrogen (secondary N) is 1. The van der Waals surface area contributed by atoms with Gasteiger partial charge in [-0.2, -0.15) is 0 Å². The maximum absolute atomic E-state index is 12.1. The van der Waals surface area contributed by atoms with Crippen molar-refractivity contribution in [3.63, 3.8) is 0 Å². The lowest BCUT2D eigenvalue weighted by Gasteiger charge is -2.12. The summed E-state index contributed by atoms with van der Waals surface area (Å²) in [4.78, 5) is 23.1. The largest absolute Gasteiger partial charge is 0.489 e. The number of amides is 1. The third-order valence-corrected chi connectivity index (χ3v) is 9.68. The van der Waals surface area contributed by atoms with Crippen LogP contribution in [0, 0.1) is 10.1 Å². The number of rotatable bonds is 38. The molecule has 2 rings (SSSR count). The normalized spacial score (nSPS) is 12.0. The first-order valence-corrected chi connectivity index (χ1v) is 23.2. The Hall–Kier alpha value is -3.18. The molecule has 17 heteroatoms. The van der Waals surface area contributed by atoms with Crippen molar-refractivity contribution >= 4 is 19.1 Å². The molecule has 1 unspecified atom stereocenters. The molecule has 0 aliphatic rings. The van der Waals surface area contributed by atoms with Crippen molar-refractivity contribution in [3.05, 3.63) is 69.8 Å². The van der Waals surface area contributed by atoms with E-state index in [0.717, 1.165) is 37.7 Å². The molecule has 1 atom stereocenters. The smallest absolute Gasteiger partial charge is 0.407 e. The molecule has 59 heavy (non-hydrogen) atoms. The molecule has 0 aliphatic carbocycles. The van der Waals surface area contributed by atoms with Gasteiger partial charge in [0.25, 0.3) is 5.69 Å². The van der Waals surface area contributed by atoms with Gasteiger partial charge < -0.3 is 52.5 Å². The summed E-state index contributed by atoms with van der Waals surface area (Å²) >= 11 is 0. The highest BCUT2D eigenvalue weighted by Gasteiger charge is 2.17. The Labute approximate surface area is 351 Å². The van der Waals surface area contributed by atoms with Gasteiger partial charge in [0.2, 0.25) is 7.37 Å². The summed E-state index contributed by atoms with van der Waals surface area (Å²) in [7, 11) is -2.51. The van der Waals surface area contributed by atoms with Gasteiger partial charge in [-0.15, -0.1) is 0 Å². The van der Waals surface area contributed by atoms with Crippen molar-refractivity contribution in [2.24, 2.45) is 0 Å². The number of carbonyl (C=O) groups is 1. The highest BCUT2D eigenvalue weighted by atomic mass is 31.2. The van der Waals surface area contributed by atoms with E-state index in [1.807, 2.05) is 51.1 Å². The van der Waals surface area contributed by atoms with E-state index in [1.54, 1.807) is 6.66 Å². The highest BCUT2D eigenvalue weighted by molar-refractivity contribution is 7.58. The number of nitro benzene ring substituents is 1. The third kappa shape index (κ3) is 31.4. The van der Waals surface area contributed by atoms with Gasteiger partial charge in [0.05, 0.1) is 30.3 Å². The maximum Gasteiger partial charge on any atom is 0.407 e. The van der Waals surface area contributed by atoms with Crippen LogP contribution in [0.5, 0.6) is 5.75 Å². The van der Waals surface area contributed by atoms with Crippen LogP contribution in [0.1, 0.15) is 70.4 Å². The number of alkyl carbamates (subject to hydrolysis) is 1. The number of hydrogen-bond donors (Lipinski definition) is 1. The molecule has 16 nitrogen and oxygen atoms in total. The second-order valence-corrected chi connectivity index (χ2v) is 15.6. The van der Waals surface area contributed by atoms with Crippen LogP contribution in [0.3, 0.4) is 0 Å². The fourth-order valence-corrected chi connectivity index (χ4v) is 6.10. The summed E-state index contributed by atoms with van der Waals surface area (Å²) in [6, 6.07) is 13.9. The second kappa shape index (κ2) is 37.8. The van der Waals surface area contributed by atoms with E-state index in [0.29, 0.717) is 124 Å². The predicted molar refractivity (Wildman–Crippen MR) is 227 cm³/mol. The van der Waals surface area contributed by atoms with Crippen LogP contribution in [0.15, 0.2) is 48.5 Å². The van der Waals surface area contributed by atoms with Crippen LogP contribution in [-0.4, -0.2) is 129 Å². The van der Waals surface area contributed by atoms with Gasteiger partial charge in [-0.05, 0) is 63.1 Å². The molecule has 2 aromatic rings. The predicted octanol–water partition coefficient (Wildman–Crippen LogP) is 7.83. The van der Waals surface area contributed by atoms with Crippen LogP contribution in [0.2, 0.25) is 0 Å². The highest BCUT2D eigenvalue weighted by Crippen LogP contribution is 2.41. The monoisotopic (exact) mass is 858 g/mol. The average Bonchev–Trinajstić information content (AvgIpc) is 3.23. The SMILES string of the molecule is CC.CCOP(C)(=O)CCOCCCOCCCOCCCOCCCOCCCOCCCOCCNC(=O)OCc1cc(OCc2ccccc2)ccc1[N+](=O)[O-]. The molecule has 0 heterocycles. The lowest BCUT2D eigenvalue weighted by Crippen LogP contribution is -2.28. The van der Waals surface area contributed by atoms with Crippen molar-refractivity contribution in [1.29, 1.82) is 0 Å². The molecule has 0 bridgehead atoms. The Morgan fingerprint density at radius 2 is 1.12 bits per heavy atom. The van der Waals surface area contributed by atoms with Gasteiger partial charge in [-0.25, -0.2) is 4.79 Å². The van der Waals surface area contributed by atoms with Crippen molar-refractivity contribution < 1.29 is 61.4 Å². The van der Waals surface area contributed by atoms with E-state index in [9.17, 15) is 19.5 Å². The van der Waals surface area contributed by atoms with Gasteiger partial charge in [0, 0.05) is 105 Å². The number of nitro groups is 1. The van der Waals surface area contributed by atoms with Crippen LogP contribution in [-0.2, 0) is 60.2 Å². The van der Waals surface area contributed by atoms with Crippen molar-refractivity contribution in [2.75, 3.05) is 118 Å². The van der Waals surface area contributed by atoms with Crippen LogP contribution >= 0.6 is 7.37 Å². The first kappa shape index (κ1) is 53.8. The molecule has 0 radical (unpaired) electrons. The quantitative estimate of drug-likeness (QED) is 0.0299. The van der Waals surface area contributed by atoms with Gasteiger partial charge in [0.15, 0.2) is 0 Å². The zero-order valence-corrected chi connectivity index (χ0v) is 36.8. The fraction of sp³-hybridized carbons (Fsp3) is 0.690. The van der Waals surface area contributed by atoms with Gasteiger partial charge >= 0.3 is 6.09 Å². The molecule has 338 valence electrons. The Morgan fingerprint density at radius 3 is 1.58 bits per heavy atom. The summed E-state index contributed by atoms with van der Waals surface area (Å²) in [5.41, 5.74) is 1.03. The minimum absolute atomic E-state index is 0.157. The molecule has 2 aromatic carbocycles. The molecule has 0 fully saturated rings. The number of ether oxygens (including phenoxy) is 9. The zero-order valence-electron chi connectivity index (χ0n) is 35.9. The summed E-state index contributed by atoms with van der Waals surface area (Å²) in [5, 5.41) is 14.0. The minimum Gasteiger partial charge on any atom is -0.489 e. The van der Waals surface area contributed by atoms with Gasteiger partial charge in [0.1, 0.15) is 19.0 Å². The van der Waals surface area contributed by atoms with Crippen molar-refractivity contribution in [2.45, 2.75) is 72.5 Å². The third-order valence-electron chi connectivity index (χ3n) is 7.88. The first-order valence-electron chi connectivity index (χ1n) is 20.9. The molecule has 0 saturated heterocycles. The van der Waals surface area contributed by atoms with E-state index < -0.39 is 18.4 Å². The molecule has 0 saturated carbocycles. The molecular weight excluding hydrogens is 787 g/mol. The van der Waals surface area contributed by atoms with E-state index in [4.69, 9.17) is 47.2 Å². The Balaban J connectivity index is 0.00000856. The minimum atomic E-state index is -2.51. The fourth-order valence-electron chi connectivity index (χ4n) is 4.97. The molecule has 1 amide bonds. The summed E-state index contributed by atoms with van der Waals surface area (Å²) < 4.78 is 67.2. The van der Waals surface area contributed by atoms with Crippen molar-refractivity contribution in [1.82, 2.24) is 5.32 Å². The summed E-state index contributed by atoms with van der Waals surface area (Å²) in [5.74, 6) is 0.438. The summed E-state index contributed by atoms with van der Waals surface area (Å²) in [6.07, 6.45) is 4.59. The topological polar surface area (TPSA) is 182 Å². The zero-order chi connectivity index (χ0) is 43.1. The molecule has 1 N–H and O–H groups in total. The molecule has 0 spiro atoms. The molecule has 0 aliphatic heterocycles. The maximum atomic E-state index is 12.1. The Morgan fingerprint density at radius 1 is 0.661 bits per heavy atom. The van der Waals surface area contributed by atoms with E-state index in [2.05, 4.69) is 5.32 Å². The van der Waals surface area contributed by atoms with Crippen LogP contribution < -0.4 is 10.1 Å².